The van der Waals surface area contributed by atoms with Gasteiger partial charge >= 0.3 is 0 Å². The van der Waals surface area contributed by atoms with Crippen LogP contribution in [0.5, 0.6) is 0 Å². The molecule has 28 heavy (non-hydrogen) atoms. The molecule has 0 bridgehead atoms. The molecule has 0 aromatic heterocycles. The highest BCUT2D eigenvalue weighted by molar-refractivity contribution is 6.51. The molecule has 0 radical (unpaired) electrons. The van der Waals surface area contributed by atoms with Crippen LogP contribution >= 0.6 is 11.6 Å². The molecule has 2 unspecified atom stereocenters. The number of benzene rings is 2. The highest BCUT2D eigenvalue weighted by Crippen LogP contribution is 2.42. The molecule has 0 saturated heterocycles. The van der Waals surface area contributed by atoms with Gasteiger partial charge in [0.15, 0.2) is 4.87 Å². The summed E-state index contributed by atoms with van der Waals surface area (Å²) in [7, 11) is 0. The van der Waals surface area contributed by atoms with Gasteiger partial charge in [0.25, 0.3) is 11.6 Å². The number of amides is 1. The molecule has 10 heteroatoms. The van der Waals surface area contributed by atoms with Crippen molar-refractivity contribution in [3.8, 4) is 0 Å². The average molecular weight is 403 g/mol. The van der Waals surface area contributed by atoms with E-state index in [9.17, 15) is 25.0 Å². The number of anilines is 1. The molecular formula is C18H15ClN4O5. The summed E-state index contributed by atoms with van der Waals surface area (Å²) in [5.74, 6) is -1.67. The maximum absolute atomic E-state index is 13.2. The summed E-state index contributed by atoms with van der Waals surface area (Å²) in [6.07, 6.45) is 0. The van der Waals surface area contributed by atoms with Crippen molar-refractivity contribution in [3.05, 3.63) is 80.4 Å². The van der Waals surface area contributed by atoms with Crippen molar-refractivity contribution in [1.29, 1.82) is 0 Å². The summed E-state index contributed by atoms with van der Waals surface area (Å²) in [5.41, 5.74) is 0.877. The Labute approximate surface area is 164 Å². The molecule has 0 aliphatic carbocycles. The zero-order chi connectivity index (χ0) is 20.5. The zero-order valence-electron chi connectivity index (χ0n) is 14.7. The normalized spacial score (nSPS) is 20.0. The lowest BCUT2D eigenvalue weighted by molar-refractivity contribution is -0.483. The number of nitro groups is 2. The Bertz CT molecular complexity index is 964. The lowest BCUT2D eigenvalue weighted by Gasteiger charge is -2.28. The molecule has 9 nitrogen and oxygen atoms in total. The minimum Gasteiger partial charge on any atom is -0.270 e. The molecule has 1 heterocycles. The van der Waals surface area contributed by atoms with Gasteiger partial charge in [0.1, 0.15) is 0 Å². The lowest BCUT2D eigenvalue weighted by Crippen LogP contribution is -2.48. The smallest absolute Gasteiger partial charge is 0.270 e. The van der Waals surface area contributed by atoms with Gasteiger partial charge in [-0.25, -0.2) is 0 Å². The Morgan fingerprint density at radius 2 is 1.71 bits per heavy atom. The van der Waals surface area contributed by atoms with E-state index in [2.05, 4.69) is 5.10 Å². The van der Waals surface area contributed by atoms with Crippen LogP contribution in [0.4, 0.5) is 11.4 Å². The average Bonchev–Trinajstić information content (AvgIpc) is 2.91. The highest BCUT2D eigenvalue weighted by atomic mass is 35.5. The van der Waals surface area contributed by atoms with Gasteiger partial charge in [-0.15, -0.1) is 11.6 Å². The number of hydrogen-bond acceptors (Lipinski definition) is 6. The first kappa shape index (κ1) is 19.4. The summed E-state index contributed by atoms with van der Waals surface area (Å²) in [4.78, 5) is 32.4. The summed E-state index contributed by atoms with van der Waals surface area (Å²) in [6, 6.07) is 13.8. The first-order valence-electron chi connectivity index (χ1n) is 8.25. The van der Waals surface area contributed by atoms with Gasteiger partial charge in [-0.1, -0.05) is 30.3 Å². The fourth-order valence-electron chi connectivity index (χ4n) is 3.16. The minimum atomic E-state index is -1.78. The van der Waals surface area contributed by atoms with E-state index in [1.165, 1.54) is 31.2 Å². The van der Waals surface area contributed by atoms with Crippen molar-refractivity contribution in [2.45, 2.75) is 17.7 Å². The molecule has 0 N–H and O–H groups in total. The van der Waals surface area contributed by atoms with Gasteiger partial charge in [-0.2, -0.15) is 10.1 Å². The highest BCUT2D eigenvalue weighted by Gasteiger charge is 2.56. The van der Waals surface area contributed by atoms with E-state index in [1.807, 2.05) is 0 Å². The number of nitro benzene ring substituents is 1. The second-order valence-electron chi connectivity index (χ2n) is 6.27. The molecule has 1 amide bonds. The molecule has 2 aromatic carbocycles. The van der Waals surface area contributed by atoms with Gasteiger partial charge in [-0.05, 0) is 24.6 Å². The second-order valence-corrected chi connectivity index (χ2v) is 6.86. The summed E-state index contributed by atoms with van der Waals surface area (Å²) in [6.45, 7) is 0.898. The fraction of sp³-hybridized carbons (Fsp3) is 0.222. The van der Waals surface area contributed by atoms with Crippen molar-refractivity contribution in [2.75, 3.05) is 11.6 Å². The number of non-ortho nitro benzene ring substituents is 1. The van der Waals surface area contributed by atoms with Crippen LogP contribution in [0.15, 0.2) is 59.7 Å². The quantitative estimate of drug-likeness (QED) is 0.417. The summed E-state index contributed by atoms with van der Waals surface area (Å²) >= 11 is 6.70. The molecule has 3 rings (SSSR count). The number of alkyl halides is 1. The van der Waals surface area contributed by atoms with Gasteiger partial charge in [-0.3, -0.25) is 25.0 Å². The van der Waals surface area contributed by atoms with Crippen molar-refractivity contribution in [3.63, 3.8) is 0 Å². The second kappa shape index (κ2) is 7.35. The van der Waals surface area contributed by atoms with Crippen molar-refractivity contribution in [1.82, 2.24) is 0 Å². The number of nitrogens with zero attached hydrogens (tertiary/aromatic N) is 4. The number of carbonyl (C=O) groups is 1. The molecule has 0 fully saturated rings. The first-order valence-corrected chi connectivity index (χ1v) is 8.63. The van der Waals surface area contributed by atoms with E-state index < -0.39 is 33.1 Å². The van der Waals surface area contributed by atoms with Gasteiger partial charge in [0.05, 0.1) is 22.2 Å². The van der Waals surface area contributed by atoms with Crippen LogP contribution in [-0.4, -0.2) is 32.9 Å². The Balaban J connectivity index is 2.04. The largest absolute Gasteiger partial charge is 0.275 e. The van der Waals surface area contributed by atoms with Crippen LogP contribution in [0.25, 0.3) is 0 Å². The maximum Gasteiger partial charge on any atom is 0.275 e. The summed E-state index contributed by atoms with van der Waals surface area (Å²) in [5, 5.41) is 27.5. The molecule has 2 aromatic rings. The summed E-state index contributed by atoms with van der Waals surface area (Å²) < 4.78 is 0. The topological polar surface area (TPSA) is 119 Å². The molecule has 144 valence electrons. The molecule has 0 saturated carbocycles. The van der Waals surface area contributed by atoms with Crippen LogP contribution in [0.2, 0.25) is 0 Å². The van der Waals surface area contributed by atoms with E-state index >= 15 is 0 Å². The number of carbonyl (C=O) groups excluding carboxylic acids is 1. The van der Waals surface area contributed by atoms with Crippen LogP contribution in [-0.2, 0) is 4.79 Å². The van der Waals surface area contributed by atoms with Gasteiger partial charge < -0.3 is 0 Å². The van der Waals surface area contributed by atoms with Crippen LogP contribution < -0.4 is 5.01 Å². The van der Waals surface area contributed by atoms with Gasteiger partial charge in [0.2, 0.25) is 6.54 Å². The Kier molecular flexibility index (Phi) is 5.10. The third kappa shape index (κ3) is 3.31. The monoisotopic (exact) mass is 402 g/mol. The molecule has 2 atom stereocenters. The third-order valence-electron chi connectivity index (χ3n) is 4.60. The van der Waals surface area contributed by atoms with E-state index in [1.54, 1.807) is 30.3 Å². The van der Waals surface area contributed by atoms with Crippen molar-refractivity contribution in [2.24, 2.45) is 5.10 Å². The SMILES string of the molecule is CC1=NN(c2ccccc2)C(=O)C1(Cl)C(C[N+](=O)[O-])c1ccc([N+](=O)[O-])cc1. The molecule has 1 aliphatic heterocycles. The Hall–Kier alpha value is -3.33. The third-order valence-corrected chi connectivity index (χ3v) is 5.30. The van der Waals surface area contributed by atoms with Crippen molar-refractivity contribution >= 4 is 34.6 Å². The van der Waals surface area contributed by atoms with E-state index in [0.717, 1.165) is 5.01 Å². The van der Waals surface area contributed by atoms with E-state index in [4.69, 9.17) is 11.6 Å². The van der Waals surface area contributed by atoms with Gasteiger partial charge in [0, 0.05) is 17.1 Å². The predicted octanol–water partition coefficient (Wildman–Crippen LogP) is 3.36. The standard InChI is InChI=1S/C18H15ClN4O5/c1-12-18(19,17(24)22(20-12)14-5-3-2-4-6-14)16(11-21(25)26)13-7-9-15(10-8-13)23(27)28/h2-10,16H,11H2,1H3. The number of para-hydroxylation sites is 1. The molecule has 0 spiro atoms. The predicted molar refractivity (Wildman–Crippen MR) is 103 cm³/mol. The Morgan fingerprint density at radius 1 is 1.11 bits per heavy atom. The number of hydrogen-bond donors (Lipinski definition) is 0. The fourth-order valence-corrected chi connectivity index (χ4v) is 3.47. The first-order chi connectivity index (χ1) is 13.2. The van der Waals surface area contributed by atoms with Crippen LogP contribution in [0.1, 0.15) is 18.4 Å². The number of hydrazone groups is 1. The molecule has 1 aliphatic rings. The van der Waals surface area contributed by atoms with Crippen LogP contribution in [0.3, 0.4) is 0 Å². The number of halogens is 1. The van der Waals surface area contributed by atoms with E-state index in [-0.39, 0.29) is 11.4 Å². The minimum absolute atomic E-state index is 0.165. The molecular weight excluding hydrogens is 388 g/mol. The zero-order valence-corrected chi connectivity index (χ0v) is 15.4. The maximum atomic E-state index is 13.2. The Morgan fingerprint density at radius 3 is 2.25 bits per heavy atom. The van der Waals surface area contributed by atoms with E-state index in [0.29, 0.717) is 11.3 Å². The lowest BCUT2D eigenvalue weighted by atomic mass is 9.82. The number of rotatable bonds is 6. The van der Waals surface area contributed by atoms with Crippen LogP contribution in [0, 0.1) is 20.2 Å². The van der Waals surface area contributed by atoms with Crippen molar-refractivity contribution < 1.29 is 14.6 Å².